The Morgan fingerprint density at radius 1 is 1.20 bits per heavy atom. The molecule has 2 atom stereocenters. The Balaban J connectivity index is 2.02. The van der Waals surface area contributed by atoms with Crippen LogP contribution in [0.15, 0.2) is 35.1 Å². The van der Waals surface area contributed by atoms with Crippen molar-refractivity contribution >= 4 is 17.5 Å². The summed E-state index contributed by atoms with van der Waals surface area (Å²) in [6, 6.07) is 8.68. The number of halogens is 1. The molecule has 0 radical (unpaired) electrons. The number of aryl methyl sites for hydroxylation is 1. The molecule has 1 saturated heterocycles. The maximum atomic E-state index is 12.9. The first-order valence-corrected chi connectivity index (χ1v) is 8.89. The van der Waals surface area contributed by atoms with E-state index in [-0.39, 0.29) is 17.0 Å². The van der Waals surface area contributed by atoms with E-state index >= 15 is 0 Å². The highest BCUT2D eigenvalue weighted by Crippen LogP contribution is 2.23. The third-order valence-electron chi connectivity index (χ3n) is 4.55. The van der Waals surface area contributed by atoms with Crippen LogP contribution >= 0.6 is 11.6 Å². The second-order valence-electron chi connectivity index (χ2n) is 7.02. The maximum Gasteiger partial charge on any atom is 0.278 e. The SMILES string of the molecule is Cc1cc(=O)c(C(=O)N2C[C@@H](C)C[C@H](C)C2)nn1-c1ccccc1Cl. The summed E-state index contributed by atoms with van der Waals surface area (Å²) in [6.07, 6.45) is 1.09. The van der Waals surface area contributed by atoms with Gasteiger partial charge >= 0.3 is 0 Å². The number of carbonyl (C=O) groups excluding carboxylic acids is 1. The van der Waals surface area contributed by atoms with Crippen LogP contribution in [0.5, 0.6) is 0 Å². The fourth-order valence-corrected chi connectivity index (χ4v) is 3.76. The normalized spacial score (nSPS) is 20.6. The molecule has 3 rings (SSSR count). The second-order valence-corrected chi connectivity index (χ2v) is 7.43. The predicted octanol–water partition coefficient (Wildman–Crippen LogP) is 3.31. The van der Waals surface area contributed by atoms with Gasteiger partial charge in [-0.3, -0.25) is 9.59 Å². The van der Waals surface area contributed by atoms with Gasteiger partial charge in [-0.25, -0.2) is 4.68 Å². The minimum atomic E-state index is -0.350. The molecular formula is C19H22ClN3O2. The highest BCUT2D eigenvalue weighted by atomic mass is 35.5. The van der Waals surface area contributed by atoms with Crippen molar-refractivity contribution in [1.29, 1.82) is 0 Å². The highest BCUT2D eigenvalue weighted by Gasteiger charge is 2.28. The molecule has 2 aromatic rings. The van der Waals surface area contributed by atoms with Crippen molar-refractivity contribution in [3.63, 3.8) is 0 Å². The number of carbonyl (C=O) groups is 1. The average Bonchev–Trinajstić information content (AvgIpc) is 2.54. The monoisotopic (exact) mass is 359 g/mol. The van der Waals surface area contributed by atoms with Crippen LogP contribution in [0.25, 0.3) is 5.69 Å². The molecule has 0 bridgehead atoms. The summed E-state index contributed by atoms with van der Waals surface area (Å²) in [5.41, 5.74) is 0.884. The van der Waals surface area contributed by atoms with E-state index in [0.29, 0.717) is 41.3 Å². The molecule has 1 aromatic heterocycles. The van der Waals surface area contributed by atoms with E-state index in [9.17, 15) is 9.59 Å². The molecule has 25 heavy (non-hydrogen) atoms. The van der Waals surface area contributed by atoms with E-state index in [1.165, 1.54) is 6.07 Å². The number of likely N-dealkylation sites (tertiary alicyclic amines) is 1. The molecule has 1 amide bonds. The predicted molar refractivity (Wildman–Crippen MR) is 98.4 cm³/mol. The third kappa shape index (κ3) is 3.61. The lowest BCUT2D eigenvalue weighted by Crippen LogP contribution is -2.44. The van der Waals surface area contributed by atoms with Crippen LogP contribution in [0.3, 0.4) is 0 Å². The van der Waals surface area contributed by atoms with Crippen molar-refractivity contribution in [2.24, 2.45) is 11.8 Å². The fourth-order valence-electron chi connectivity index (χ4n) is 3.54. The van der Waals surface area contributed by atoms with Gasteiger partial charge in [-0.2, -0.15) is 5.10 Å². The van der Waals surface area contributed by atoms with Gasteiger partial charge in [0.25, 0.3) is 5.91 Å². The number of hydrogen-bond acceptors (Lipinski definition) is 3. The van der Waals surface area contributed by atoms with Crippen LogP contribution in [-0.2, 0) is 0 Å². The molecular weight excluding hydrogens is 338 g/mol. The average molecular weight is 360 g/mol. The highest BCUT2D eigenvalue weighted by molar-refractivity contribution is 6.32. The third-order valence-corrected chi connectivity index (χ3v) is 4.87. The first-order valence-electron chi connectivity index (χ1n) is 8.52. The lowest BCUT2D eigenvalue weighted by atomic mass is 9.92. The summed E-state index contributed by atoms with van der Waals surface area (Å²) in [5, 5.41) is 4.87. The van der Waals surface area contributed by atoms with E-state index in [4.69, 9.17) is 11.6 Å². The van der Waals surface area contributed by atoms with Crippen LogP contribution < -0.4 is 5.43 Å². The Labute approximate surface area is 152 Å². The van der Waals surface area contributed by atoms with Gasteiger partial charge in [-0.15, -0.1) is 0 Å². The van der Waals surface area contributed by atoms with Crippen molar-refractivity contribution < 1.29 is 4.79 Å². The Morgan fingerprint density at radius 3 is 2.48 bits per heavy atom. The number of rotatable bonds is 2. The lowest BCUT2D eigenvalue weighted by molar-refractivity contribution is 0.0613. The van der Waals surface area contributed by atoms with Gasteiger partial charge in [-0.05, 0) is 37.3 Å². The Hall–Kier alpha value is -2.14. The smallest absolute Gasteiger partial charge is 0.278 e. The lowest BCUT2D eigenvalue weighted by Gasteiger charge is -2.34. The standard InChI is InChI=1S/C19H22ClN3O2/c1-12-8-13(2)11-22(10-12)19(25)18-17(24)9-14(3)23(21-18)16-7-5-4-6-15(16)20/h4-7,9,12-13H,8,10-11H2,1-3H3/t12-,13-/m0/s1. The van der Waals surface area contributed by atoms with Gasteiger partial charge < -0.3 is 4.90 Å². The number of nitrogens with zero attached hydrogens (tertiary/aromatic N) is 3. The number of aromatic nitrogens is 2. The number of piperidine rings is 1. The van der Waals surface area contributed by atoms with Gasteiger partial charge in [0.1, 0.15) is 0 Å². The summed E-state index contributed by atoms with van der Waals surface area (Å²) in [6.45, 7) is 7.34. The molecule has 0 saturated carbocycles. The van der Waals surface area contributed by atoms with Crippen molar-refractivity contribution in [2.45, 2.75) is 27.2 Å². The summed E-state index contributed by atoms with van der Waals surface area (Å²) in [4.78, 5) is 27.1. The zero-order valence-electron chi connectivity index (χ0n) is 14.7. The first kappa shape index (κ1) is 17.7. The summed E-state index contributed by atoms with van der Waals surface area (Å²) < 4.78 is 1.56. The second kappa shape index (κ2) is 7.00. The molecule has 132 valence electrons. The van der Waals surface area contributed by atoms with Crippen molar-refractivity contribution in [1.82, 2.24) is 14.7 Å². The minimum Gasteiger partial charge on any atom is -0.337 e. The molecule has 0 unspecified atom stereocenters. The zero-order valence-corrected chi connectivity index (χ0v) is 15.5. The summed E-state index contributed by atoms with van der Waals surface area (Å²) in [7, 11) is 0. The Morgan fingerprint density at radius 2 is 1.84 bits per heavy atom. The first-order chi connectivity index (χ1) is 11.9. The molecule has 0 spiro atoms. The number of amides is 1. The number of hydrogen-bond donors (Lipinski definition) is 0. The van der Waals surface area contributed by atoms with Crippen LogP contribution in [0.2, 0.25) is 5.02 Å². The van der Waals surface area contributed by atoms with Crippen LogP contribution in [0.1, 0.15) is 36.5 Å². The topological polar surface area (TPSA) is 55.2 Å². The van der Waals surface area contributed by atoms with Gasteiger partial charge in [-0.1, -0.05) is 37.6 Å². The molecule has 1 aliphatic heterocycles. The maximum absolute atomic E-state index is 12.9. The van der Waals surface area contributed by atoms with Crippen molar-refractivity contribution in [3.8, 4) is 5.69 Å². The van der Waals surface area contributed by atoms with E-state index < -0.39 is 0 Å². The van der Waals surface area contributed by atoms with E-state index in [1.54, 1.807) is 22.6 Å². The van der Waals surface area contributed by atoms with Gasteiger partial charge in [0.05, 0.1) is 10.7 Å². The molecule has 2 heterocycles. The van der Waals surface area contributed by atoms with E-state index in [0.717, 1.165) is 6.42 Å². The van der Waals surface area contributed by atoms with Crippen LogP contribution in [0, 0.1) is 18.8 Å². The molecule has 0 N–H and O–H groups in total. The molecule has 6 heteroatoms. The van der Waals surface area contributed by atoms with E-state index in [1.807, 2.05) is 18.2 Å². The molecule has 0 aliphatic carbocycles. The largest absolute Gasteiger partial charge is 0.337 e. The minimum absolute atomic E-state index is 0.0492. The van der Waals surface area contributed by atoms with Crippen molar-refractivity contribution in [2.75, 3.05) is 13.1 Å². The fraction of sp³-hybridized carbons (Fsp3) is 0.421. The van der Waals surface area contributed by atoms with E-state index in [2.05, 4.69) is 18.9 Å². The quantitative estimate of drug-likeness (QED) is 0.826. The summed E-state index contributed by atoms with van der Waals surface area (Å²) >= 11 is 6.26. The van der Waals surface area contributed by atoms with Gasteiger partial charge in [0, 0.05) is 24.8 Å². The number of para-hydroxylation sites is 1. The van der Waals surface area contributed by atoms with Gasteiger partial charge in [0.2, 0.25) is 5.43 Å². The van der Waals surface area contributed by atoms with Crippen LogP contribution in [-0.4, -0.2) is 33.7 Å². The molecule has 1 aliphatic rings. The molecule has 1 fully saturated rings. The Kier molecular flexibility index (Phi) is 4.95. The van der Waals surface area contributed by atoms with Crippen LogP contribution in [0.4, 0.5) is 0 Å². The summed E-state index contributed by atoms with van der Waals surface area (Å²) in [5.74, 6) is 0.539. The molecule has 5 nitrogen and oxygen atoms in total. The van der Waals surface area contributed by atoms with Crippen molar-refractivity contribution in [3.05, 3.63) is 57.0 Å². The number of benzene rings is 1. The Bertz CT molecular complexity index is 852. The van der Waals surface area contributed by atoms with Gasteiger partial charge in [0.15, 0.2) is 5.69 Å². The molecule has 1 aromatic carbocycles. The zero-order chi connectivity index (χ0) is 18.1.